The molecule has 1 fully saturated rings. The molecule has 6 heteroatoms. The van der Waals surface area contributed by atoms with Crippen LogP contribution >= 0.6 is 0 Å². The Morgan fingerprint density at radius 2 is 2.21 bits per heavy atom. The lowest BCUT2D eigenvalue weighted by molar-refractivity contribution is -0.0452. The lowest BCUT2D eigenvalue weighted by atomic mass is 9.87. The van der Waals surface area contributed by atoms with E-state index < -0.39 is 5.92 Å². The summed E-state index contributed by atoms with van der Waals surface area (Å²) in [6.45, 7) is 2.32. The minimum atomic E-state index is -2.52. The van der Waals surface area contributed by atoms with Crippen LogP contribution in [0.25, 0.3) is 0 Å². The summed E-state index contributed by atoms with van der Waals surface area (Å²) in [4.78, 5) is 11.9. The average Bonchev–Trinajstić information content (AvgIpc) is 2.85. The number of halogens is 2. The second-order valence-corrected chi connectivity index (χ2v) is 5.04. The quantitative estimate of drug-likeness (QED) is 0.917. The van der Waals surface area contributed by atoms with Gasteiger partial charge in [-0.25, -0.2) is 8.78 Å². The van der Waals surface area contributed by atoms with Gasteiger partial charge in [-0.05, 0) is 25.2 Å². The van der Waals surface area contributed by atoms with Gasteiger partial charge in [0.05, 0.1) is 5.69 Å². The van der Waals surface area contributed by atoms with Crippen LogP contribution in [0.3, 0.4) is 0 Å². The zero-order valence-electron chi connectivity index (χ0n) is 10.9. The summed E-state index contributed by atoms with van der Waals surface area (Å²) < 4.78 is 30.7. The van der Waals surface area contributed by atoms with Crippen LogP contribution in [0.2, 0.25) is 0 Å². The number of nitrogens with one attached hydrogen (secondary N) is 1. The zero-order valence-corrected chi connectivity index (χ0v) is 10.9. The fourth-order valence-electron chi connectivity index (χ4n) is 2.34. The van der Waals surface area contributed by atoms with Gasteiger partial charge in [-0.1, -0.05) is 12.1 Å². The number of amides is 1. The maximum Gasteiger partial charge on any atom is 0.256 e. The van der Waals surface area contributed by atoms with Crippen molar-refractivity contribution in [2.24, 2.45) is 5.92 Å². The minimum absolute atomic E-state index is 0.0823. The van der Waals surface area contributed by atoms with Crippen molar-refractivity contribution in [3.05, 3.63) is 17.5 Å². The Balaban J connectivity index is 1.81. The molecule has 4 nitrogen and oxygen atoms in total. The van der Waals surface area contributed by atoms with Crippen LogP contribution in [0, 0.1) is 5.92 Å². The first-order valence-corrected chi connectivity index (χ1v) is 6.61. The number of hydrogen-bond acceptors (Lipinski definition) is 3. The summed E-state index contributed by atoms with van der Waals surface area (Å²) in [7, 11) is 0. The third-order valence-electron chi connectivity index (χ3n) is 3.61. The summed E-state index contributed by atoms with van der Waals surface area (Å²) in [5.41, 5.74) is 1.05. The molecule has 1 aromatic rings. The Morgan fingerprint density at radius 3 is 2.84 bits per heavy atom. The van der Waals surface area contributed by atoms with Crippen LogP contribution < -0.4 is 5.32 Å². The average molecular weight is 272 g/mol. The van der Waals surface area contributed by atoms with Crippen molar-refractivity contribution < 1.29 is 18.1 Å². The third-order valence-corrected chi connectivity index (χ3v) is 3.61. The maximum atomic E-state index is 13.0. The van der Waals surface area contributed by atoms with E-state index in [1.807, 2.05) is 6.92 Å². The number of aromatic nitrogens is 1. The molecule has 1 aliphatic carbocycles. The summed E-state index contributed by atoms with van der Waals surface area (Å²) in [5.74, 6) is -2.63. The SMILES string of the molecule is CCc1nocc1C(=O)NCC1CCC(F)(F)CC1. The Hall–Kier alpha value is -1.46. The van der Waals surface area contributed by atoms with Crippen molar-refractivity contribution in [2.45, 2.75) is 45.0 Å². The molecular formula is C13H18F2N2O2. The second-order valence-electron chi connectivity index (χ2n) is 5.04. The number of nitrogens with zero attached hydrogens (tertiary/aromatic N) is 1. The minimum Gasteiger partial charge on any atom is -0.364 e. The molecule has 1 aromatic heterocycles. The standard InChI is InChI=1S/C13H18F2N2O2/c1-2-11-10(8-19-17-11)12(18)16-7-9-3-5-13(14,15)6-4-9/h8-9H,2-7H2,1H3,(H,16,18). The van der Waals surface area contributed by atoms with Gasteiger partial charge in [0.2, 0.25) is 5.92 Å². The Kier molecular flexibility index (Phi) is 4.17. The van der Waals surface area contributed by atoms with E-state index in [1.165, 1.54) is 6.26 Å². The highest BCUT2D eigenvalue weighted by Crippen LogP contribution is 2.35. The zero-order chi connectivity index (χ0) is 13.9. The molecule has 1 aliphatic rings. The van der Waals surface area contributed by atoms with Crippen molar-refractivity contribution in [3.63, 3.8) is 0 Å². The number of carbonyl (C=O) groups excluding carboxylic acids is 1. The highest BCUT2D eigenvalue weighted by molar-refractivity contribution is 5.94. The highest BCUT2D eigenvalue weighted by Gasteiger charge is 2.34. The Bertz CT molecular complexity index is 436. The molecule has 0 aliphatic heterocycles. The fourth-order valence-corrected chi connectivity index (χ4v) is 2.34. The lowest BCUT2D eigenvalue weighted by Crippen LogP contribution is -2.34. The highest BCUT2D eigenvalue weighted by atomic mass is 19.3. The molecule has 0 atom stereocenters. The predicted octanol–water partition coefficient (Wildman–Crippen LogP) is 2.79. The number of aryl methyl sites for hydroxylation is 1. The van der Waals surface area contributed by atoms with E-state index in [2.05, 4.69) is 10.5 Å². The van der Waals surface area contributed by atoms with Gasteiger partial charge in [0.25, 0.3) is 5.91 Å². The second kappa shape index (κ2) is 5.67. The normalized spacial score (nSPS) is 19.3. The lowest BCUT2D eigenvalue weighted by Gasteiger charge is -2.28. The van der Waals surface area contributed by atoms with E-state index >= 15 is 0 Å². The molecule has 1 saturated carbocycles. The van der Waals surface area contributed by atoms with Gasteiger partial charge in [0.15, 0.2) is 0 Å². The van der Waals surface area contributed by atoms with Crippen LogP contribution in [-0.4, -0.2) is 23.5 Å². The molecular weight excluding hydrogens is 254 g/mol. The van der Waals surface area contributed by atoms with Gasteiger partial charge in [-0.2, -0.15) is 0 Å². The van der Waals surface area contributed by atoms with Crippen LogP contribution in [-0.2, 0) is 6.42 Å². The van der Waals surface area contributed by atoms with Crippen molar-refractivity contribution in [1.29, 1.82) is 0 Å². The first-order valence-electron chi connectivity index (χ1n) is 6.61. The van der Waals surface area contributed by atoms with E-state index in [0.717, 1.165) is 0 Å². The first-order chi connectivity index (χ1) is 9.02. The molecule has 0 spiro atoms. The topological polar surface area (TPSA) is 55.1 Å². The van der Waals surface area contributed by atoms with Gasteiger partial charge in [0.1, 0.15) is 11.8 Å². The predicted molar refractivity (Wildman–Crippen MR) is 65.1 cm³/mol. The van der Waals surface area contributed by atoms with Gasteiger partial charge in [-0.15, -0.1) is 0 Å². The molecule has 0 radical (unpaired) electrons. The third kappa shape index (κ3) is 3.52. The number of alkyl halides is 2. The molecule has 106 valence electrons. The van der Waals surface area contributed by atoms with Gasteiger partial charge < -0.3 is 9.84 Å². The summed E-state index contributed by atoms with van der Waals surface area (Å²) in [6, 6.07) is 0. The molecule has 0 bridgehead atoms. The van der Waals surface area contributed by atoms with E-state index in [1.54, 1.807) is 0 Å². The molecule has 19 heavy (non-hydrogen) atoms. The molecule has 1 amide bonds. The number of carbonyl (C=O) groups is 1. The van der Waals surface area contributed by atoms with Crippen molar-refractivity contribution >= 4 is 5.91 Å². The van der Waals surface area contributed by atoms with Gasteiger partial charge in [-0.3, -0.25) is 4.79 Å². The van der Waals surface area contributed by atoms with Crippen molar-refractivity contribution in [2.75, 3.05) is 6.54 Å². The Morgan fingerprint density at radius 1 is 1.53 bits per heavy atom. The smallest absolute Gasteiger partial charge is 0.256 e. The van der Waals surface area contributed by atoms with Crippen LogP contribution in [0.5, 0.6) is 0 Å². The summed E-state index contributed by atoms with van der Waals surface area (Å²) >= 11 is 0. The largest absolute Gasteiger partial charge is 0.364 e. The van der Waals surface area contributed by atoms with E-state index in [0.29, 0.717) is 37.1 Å². The molecule has 2 rings (SSSR count). The Labute approximate surface area is 110 Å². The van der Waals surface area contributed by atoms with Gasteiger partial charge in [0, 0.05) is 19.4 Å². The van der Waals surface area contributed by atoms with Gasteiger partial charge >= 0.3 is 0 Å². The first kappa shape index (κ1) is 14.0. The van der Waals surface area contributed by atoms with Crippen LogP contribution in [0.4, 0.5) is 8.78 Å². The molecule has 0 unspecified atom stereocenters. The van der Waals surface area contributed by atoms with E-state index in [4.69, 9.17) is 4.52 Å². The monoisotopic (exact) mass is 272 g/mol. The molecule has 1 N–H and O–H groups in total. The van der Waals surface area contributed by atoms with Crippen LogP contribution in [0.1, 0.15) is 48.7 Å². The molecule has 1 heterocycles. The van der Waals surface area contributed by atoms with Crippen molar-refractivity contribution in [3.8, 4) is 0 Å². The van der Waals surface area contributed by atoms with E-state index in [9.17, 15) is 13.6 Å². The van der Waals surface area contributed by atoms with Crippen LogP contribution in [0.15, 0.2) is 10.8 Å². The summed E-state index contributed by atoms with van der Waals surface area (Å²) in [6.07, 6.45) is 2.69. The van der Waals surface area contributed by atoms with Crippen molar-refractivity contribution in [1.82, 2.24) is 10.5 Å². The molecule has 0 saturated heterocycles. The molecule has 0 aromatic carbocycles. The maximum absolute atomic E-state index is 13.0. The fraction of sp³-hybridized carbons (Fsp3) is 0.692. The number of hydrogen-bond donors (Lipinski definition) is 1. The number of rotatable bonds is 4. The summed E-state index contributed by atoms with van der Waals surface area (Å²) in [5, 5.41) is 6.51. The van der Waals surface area contributed by atoms with E-state index in [-0.39, 0.29) is 24.7 Å².